The lowest BCUT2D eigenvalue weighted by molar-refractivity contribution is 0.0702. The molecule has 0 unspecified atom stereocenters. The highest BCUT2D eigenvalue weighted by atomic mass is 32.1. The Balaban J connectivity index is 1.93. The Bertz CT molecular complexity index is 948. The lowest BCUT2D eigenvalue weighted by atomic mass is 10.1. The topological polar surface area (TPSA) is 68.7 Å². The van der Waals surface area contributed by atoms with Gasteiger partial charge in [-0.05, 0) is 23.8 Å². The van der Waals surface area contributed by atoms with Crippen molar-refractivity contribution >= 4 is 29.5 Å². The number of carboxylic acids is 1. The molecular formula is C20H17NO4S. The molecule has 0 spiro atoms. The van der Waals surface area contributed by atoms with E-state index < -0.39 is 5.97 Å². The Morgan fingerprint density at radius 3 is 2.42 bits per heavy atom. The summed E-state index contributed by atoms with van der Waals surface area (Å²) in [6.07, 6.45) is 3.66. The number of aromatic carboxylic acids is 1. The van der Waals surface area contributed by atoms with Crippen LogP contribution in [-0.2, 0) is 0 Å². The zero-order valence-electron chi connectivity index (χ0n) is 14.3. The van der Waals surface area contributed by atoms with E-state index in [0.29, 0.717) is 22.2 Å². The summed E-state index contributed by atoms with van der Waals surface area (Å²) in [5, 5.41) is 10.1. The van der Waals surface area contributed by atoms with E-state index in [2.05, 4.69) is 4.98 Å². The number of carbonyl (C=O) groups is 1. The first-order chi connectivity index (χ1) is 12.6. The van der Waals surface area contributed by atoms with Gasteiger partial charge in [-0.3, -0.25) is 0 Å². The largest absolute Gasteiger partial charge is 0.493 e. The molecule has 2 aromatic carbocycles. The SMILES string of the molecule is COc1ccc(/C=C/c2nc(-c3ccccc3)c(C(=O)O)s2)cc1OC. The van der Waals surface area contributed by atoms with Gasteiger partial charge in [-0.15, -0.1) is 11.3 Å². The molecule has 0 bridgehead atoms. The molecule has 0 radical (unpaired) electrons. The van der Waals surface area contributed by atoms with E-state index in [4.69, 9.17) is 9.47 Å². The fraction of sp³-hybridized carbons (Fsp3) is 0.100. The van der Waals surface area contributed by atoms with Crippen LogP contribution in [0.2, 0.25) is 0 Å². The van der Waals surface area contributed by atoms with Crippen LogP contribution in [0.5, 0.6) is 11.5 Å². The normalized spacial score (nSPS) is 10.8. The molecule has 1 aromatic heterocycles. The predicted octanol–water partition coefficient (Wildman–Crippen LogP) is 4.70. The first-order valence-corrected chi connectivity index (χ1v) is 8.63. The molecule has 1 heterocycles. The van der Waals surface area contributed by atoms with E-state index >= 15 is 0 Å². The molecule has 0 amide bonds. The summed E-state index contributed by atoms with van der Waals surface area (Å²) < 4.78 is 10.5. The minimum absolute atomic E-state index is 0.225. The van der Waals surface area contributed by atoms with Gasteiger partial charge in [0.05, 0.1) is 19.9 Å². The average molecular weight is 367 g/mol. The van der Waals surface area contributed by atoms with Crippen molar-refractivity contribution in [2.45, 2.75) is 0 Å². The van der Waals surface area contributed by atoms with E-state index in [-0.39, 0.29) is 4.88 Å². The zero-order valence-corrected chi connectivity index (χ0v) is 15.1. The van der Waals surface area contributed by atoms with E-state index in [1.54, 1.807) is 20.3 Å². The number of ether oxygens (including phenoxy) is 2. The van der Waals surface area contributed by atoms with Gasteiger partial charge in [-0.25, -0.2) is 9.78 Å². The number of rotatable bonds is 6. The van der Waals surface area contributed by atoms with Crippen LogP contribution in [0.25, 0.3) is 23.4 Å². The van der Waals surface area contributed by atoms with Gasteiger partial charge in [0, 0.05) is 5.56 Å². The summed E-state index contributed by atoms with van der Waals surface area (Å²) in [6, 6.07) is 14.9. The third-order valence-corrected chi connectivity index (χ3v) is 4.72. The van der Waals surface area contributed by atoms with Crippen LogP contribution in [0.4, 0.5) is 0 Å². The molecule has 0 atom stereocenters. The van der Waals surface area contributed by atoms with Crippen LogP contribution >= 0.6 is 11.3 Å². The Labute approximate surface area is 155 Å². The van der Waals surface area contributed by atoms with Crippen molar-refractivity contribution in [1.82, 2.24) is 4.98 Å². The molecule has 6 heteroatoms. The van der Waals surface area contributed by atoms with Crippen molar-refractivity contribution in [3.63, 3.8) is 0 Å². The van der Waals surface area contributed by atoms with Gasteiger partial charge >= 0.3 is 5.97 Å². The first-order valence-electron chi connectivity index (χ1n) is 7.82. The maximum Gasteiger partial charge on any atom is 0.348 e. The Morgan fingerprint density at radius 2 is 1.77 bits per heavy atom. The quantitative estimate of drug-likeness (QED) is 0.684. The van der Waals surface area contributed by atoms with Crippen LogP contribution in [0.15, 0.2) is 48.5 Å². The van der Waals surface area contributed by atoms with Crippen LogP contribution in [0, 0.1) is 0 Å². The molecule has 0 aliphatic carbocycles. The molecule has 0 aliphatic rings. The molecule has 3 rings (SSSR count). The molecule has 0 saturated heterocycles. The molecule has 3 aromatic rings. The summed E-state index contributed by atoms with van der Waals surface area (Å²) in [5.41, 5.74) is 2.16. The third kappa shape index (κ3) is 3.75. The Morgan fingerprint density at radius 1 is 1.04 bits per heavy atom. The second kappa shape index (κ2) is 7.84. The molecule has 1 N–H and O–H groups in total. The van der Waals surface area contributed by atoms with Gasteiger partial charge in [-0.1, -0.05) is 42.5 Å². The number of hydrogen-bond donors (Lipinski definition) is 1. The van der Waals surface area contributed by atoms with Crippen LogP contribution in [0.1, 0.15) is 20.2 Å². The van der Waals surface area contributed by atoms with E-state index in [0.717, 1.165) is 22.5 Å². The molecule has 5 nitrogen and oxygen atoms in total. The highest BCUT2D eigenvalue weighted by Crippen LogP contribution is 2.31. The van der Waals surface area contributed by atoms with Crippen molar-refractivity contribution in [3.8, 4) is 22.8 Å². The van der Waals surface area contributed by atoms with Gasteiger partial charge in [0.15, 0.2) is 11.5 Å². The standard InChI is InChI=1S/C20H17NO4S/c1-24-15-10-8-13(12-16(15)25-2)9-11-17-21-18(19(26-17)20(22)23)14-6-4-3-5-7-14/h3-12H,1-2H3,(H,22,23)/b11-9+. The van der Waals surface area contributed by atoms with Gasteiger partial charge in [0.2, 0.25) is 0 Å². The number of methoxy groups -OCH3 is 2. The lowest BCUT2D eigenvalue weighted by Gasteiger charge is -2.07. The fourth-order valence-electron chi connectivity index (χ4n) is 2.47. The minimum atomic E-state index is -0.980. The highest BCUT2D eigenvalue weighted by molar-refractivity contribution is 7.15. The Hall–Kier alpha value is -3.12. The van der Waals surface area contributed by atoms with Crippen LogP contribution in [0.3, 0.4) is 0 Å². The Kier molecular flexibility index (Phi) is 5.34. The summed E-state index contributed by atoms with van der Waals surface area (Å²) >= 11 is 1.15. The highest BCUT2D eigenvalue weighted by Gasteiger charge is 2.17. The van der Waals surface area contributed by atoms with Crippen molar-refractivity contribution in [2.24, 2.45) is 0 Å². The van der Waals surface area contributed by atoms with Gasteiger partial charge in [-0.2, -0.15) is 0 Å². The second-order valence-electron chi connectivity index (χ2n) is 5.35. The number of benzene rings is 2. The van der Waals surface area contributed by atoms with E-state index in [9.17, 15) is 9.90 Å². The molecule has 0 fully saturated rings. The van der Waals surface area contributed by atoms with E-state index in [1.807, 2.05) is 54.6 Å². The monoisotopic (exact) mass is 367 g/mol. The van der Waals surface area contributed by atoms with Gasteiger partial charge < -0.3 is 14.6 Å². The number of aromatic nitrogens is 1. The van der Waals surface area contributed by atoms with Gasteiger partial charge in [0.25, 0.3) is 0 Å². The predicted molar refractivity (Wildman–Crippen MR) is 103 cm³/mol. The number of hydrogen-bond acceptors (Lipinski definition) is 5. The van der Waals surface area contributed by atoms with E-state index in [1.165, 1.54) is 0 Å². The third-order valence-electron chi connectivity index (χ3n) is 3.71. The summed E-state index contributed by atoms with van der Waals surface area (Å²) in [7, 11) is 3.17. The number of nitrogens with zero attached hydrogens (tertiary/aromatic N) is 1. The van der Waals surface area contributed by atoms with Crippen molar-refractivity contribution < 1.29 is 19.4 Å². The fourth-order valence-corrected chi connectivity index (χ4v) is 3.30. The zero-order chi connectivity index (χ0) is 18.5. The second-order valence-corrected chi connectivity index (χ2v) is 6.38. The maximum atomic E-state index is 11.6. The summed E-state index contributed by atoms with van der Waals surface area (Å²) in [5.74, 6) is 0.301. The molecule has 0 saturated carbocycles. The molecule has 132 valence electrons. The number of thiazole rings is 1. The maximum absolute atomic E-state index is 11.6. The molecule has 26 heavy (non-hydrogen) atoms. The number of carboxylic acid groups (broad SMARTS) is 1. The van der Waals surface area contributed by atoms with Crippen LogP contribution in [-0.4, -0.2) is 30.3 Å². The minimum Gasteiger partial charge on any atom is -0.493 e. The van der Waals surface area contributed by atoms with Gasteiger partial charge in [0.1, 0.15) is 9.88 Å². The smallest absolute Gasteiger partial charge is 0.348 e. The summed E-state index contributed by atoms with van der Waals surface area (Å²) in [4.78, 5) is 16.3. The summed E-state index contributed by atoms with van der Waals surface area (Å²) in [6.45, 7) is 0. The van der Waals surface area contributed by atoms with Crippen molar-refractivity contribution in [2.75, 3.05) is 14.2 Å². The molecule has 0 aliphatic heterocycles. The first kappa shape index (κ1) is 17.7. The lowest BCUT2D eigenvalue weighted by Crippen LogP contribution is -1.95. The van der Waals surface area contributed by atoms with Crippen LogP contribution < -0.4 is 9.47 Å². The van der Waals surface area contributed by atoms with Crippen molar-refractivity contribution in [3.05, 3.63) is 64.0 Å². The average Bonchev–Trinajstić information content (AvgIpc) is 3.11. The molecular weight excluding hydrogens is 350 g/mol. The van der Waals surface area contributed by atoms with Crippen molar-refractivity contribution in [1.29, 1.82) is 0 Å².